The van der Waals surface area contributed by atoms with Crippen LogP contribution in [0, 0.1) is 0 Å². The maximum absolute atomic E-state index is 12.2. The number of amides is 2. The summed E-state index contributed by atoms with van der Waals surface area (Å²) in [5.74, 6) is -0.439. The van der Waals surface area contributed by atoms with Crippen LogP contribution in [0.25, 0.3) is 0 Å². The van der Waals surface area contributed by atoms with Gasteiger partial charge in [0.25, 0.3) is 0 Å². The maximum Gasteiger partial charge on any atom is 0.250 e. The number of carbonyl (C=O) groups is 2. The molecule has 0 radical (unpaired) electrons. The lowest BCUT2D eigenvalue weighted by molar-refractivity contribution is -0.130. The quantitative estimate of drug-likeness (QED) is 0.799. The molecule has 5 heteroatoms. The van der Waals surface area contributed by atoms with Crippen LogP contribution in [0.1, 0.15) is 19.8 Å². The van der Waals surface area contributed by atoms with Gasteiger partial charge >= 0.3 is 0 Å². The van der Waals surface area contributed by atoms with Crippen molar-refractivity contribution in [2.24, 2.45) is 0 Å². The molecule has 2 amide bonds. The SMILES string of the molecule is C[C@]1(C(=O)NC2CC2)Sc2ccccc2NC1=O. The maximum atomic E-state index is 12.2. The van der Waals surface area contributed by atoms with E-state index in [-0.39, 0.29) is 17.9 Å². The Balaban J connectivity index is 1.88. The zero-order chi connectivity index (χ0) is 12.8. The highest BCUT2D eigenvalue weighted by atomic mass is 32.2. The van der Waals surface area contributed by atoms with Crippen LogP contribution in [0.15, 0.2) is 29.2 Å². The summed E-state index contributed by atoms with van der Waals surface area (Å²) >= 11 is 1.32. The molecule has 1 fully saturated rings. The topological polar surface area (TPSA) is 58.2 Å². The molecule has 4 nitrogen and oxygen atoms in total. The van der Waals surface area contributed by atoms with E-state index in [4.69, 9.17) is 0 Å². The third-order valence-electron chi connectivity index (χ3n) is 3.23. The molecule has 0 saturated heterocycles. The highest BCUT2D eigenvalue weighted by molar-refractivity contribution is 8.02. The molecule has 0 unspecified atom stereocenters. The van der Waals surface area contributed by atoms with Crippen LogP contribution in [0.5, 0.6) is 0 Å². The minimum atomic E-state index is -1.07. The van der Waals surface area contributed by atoms with Gasteiger partial charge < -0.3 is 10.6 Å². The molecular weight excluding hydrogens is 248 g/mol. The number of benzene rings is 1. The minimum absolute atomic E-state index is 0.193. The van der Waals surface area contributed by atoms with Crippen LogP contribution in [-0.4, -0.2) is 22.6 Å². The van der Waals surface area contributed by atoms with Crippen molar-refractivity contribution in [3.05, 3.63) is 24.3 Å². The Hall–Kier alpha value is -1.49. The van der Waals surface area contributed by atoms with Gasteiger partial charge in [-0.15, -0.1) is 0 Å². The molecule has 1 heterocycles. The highest BCUT2D eigenvalue weighted by Crippen LogP contribution is 2.42. The summed E-state index contributed by atoms with van der Waals surface area (Å²) in [6, 6.07) is 7.80. The number of hydrogen-bond donors (Lipinski definition) is 2. The third kappa shape index (κ3) is 1.88. The van der Waals surface area contributed by atoms with Crippen molar-refractivity contribution in [1.82, 2.24) is 5.32 Å². The average molecular weight is 262 g/mol. The molecule has 0 bridgehead atoms. The molecule has 94 valence electrons. The van der Waals surface area contributed by atoms with Gasteiger partial charge in [-0.05, 0) is 31.9 Å². The Kier molecular flexibility index (Phi) is 2.59. The van der Waals surface area contributed by atoms with Gasteiger partial charge in [-0.1, -0.05) is 23.9 Å². The molecule has 0 spiro atoms. The molecule has 1 atom stereocenters. The molecular formula is C13H14N2O2S. The first-order chi connectivity index (χ1) is 8.59. The van der Waals surface area contributed by atoms with E-state index in [2.05, 4.69) is 10.6 Å². The second-order valence-electron chi connectivity index (χ2n) is 4.83. The lowest BCUT2D eigenvalue weighted by Gasteiger charge is -2.31. The fourth-order valence-corrected chi connectivity index (χ4v) is 2.98. The van der Waals surface area contributed by atoms with Crippen LogP contribution in [0.3, 0.4) is 0 Å². The molecule has 1 aromatic rings. The van der Waals surface area contributed by atoms with E-state index in [1.165, 1.54) is 11.8 Å². The van der Waals surface area contributed by atoms with Gasteiger partial charge in [-0.3, -0.25) is 9.59 Å². The Morgan fingerprint density at radius 3 is 2.89 bits per heavy atom. The Morgan fingerprint density at radius 1 is 1.44 bits per heavy atom. The summed E-state index contributed by atoms with van der Waals surface area (Å²) in [5, 5.41) is 5.71. The molecule has 3 rings (SSSR count). The summed E-state index contributed by atoms with van der Waals surface area (Å²) in [4.78, 5) is 25.3. The molecule has 18 heavy (non-hydrogen) atoms. The highest BCUT2D eigenvalue weighted by Gasteiger charge is 2.46. The van der Waals surface area contributed by atoms with E-state index in [1.807, 2.05) is 24.3 Å². The first-order valence-corrected chi connectivity index (χ1v) is 6.82. The van der Waals surface area contributed by atoms with E-state index in [1.54, 1.807) is 6.92 Å². The van der Waals surface area contributed by atoms with E-state index in [0.29, 0.717) is 0 Å². The number of carbonyl (C=O) groups excluding carboxylic acids is 2. The van der Waals surface area contributed by atoms with Crippen LogP contribution in [0.2, 0.25) is 0 Å². The summed E-state index contributed by atoms with van der Waals surface area (Å²) in [6.45, 7) is 1.68. The van der Waals surface area contributed by atoms with Crippen molar-refractivity contribution in [2.75, 3.05) is 5.32 Å². The standard InChI is InChI=1S/C13H14N2O2S/c1-13(11(16)14-8-6-7-8)12(17)15-9-4-2-3-5-10(9)18-13/h2-5,8H,6-7H2,1H3,(H,14,16)(H,15,17)/t13-/m1/s1. The second kappa shape index (κ2) is 4.02. The largest absolute Gasteiger partial charge is 0.352 e. The number of rotatable bonds is 2. The van der Waals surface area contributed by atoms with Crippen molar-refractivity contribution in [3.63, 3.8) is 0 Å². The van der Waals surface area contributed by atoms with Crippen LogP contribution >= 0.6 is 11.8 Å². The van der Waals surface area contributed by atoms with Crippen LogP contribution in [0.4, 0.5) is 5.69 Å². The zero-order valence-corrected chi connectivity index (χ0v) is 10.8. The summed E-state index contributed by atoms with van der Waals surface area (Å²) < 4.78 is -1.07. The first-order valence-electron chi connectivity index (χ1n) is 6.00. The van der Waals surface area contributed by atoms with Crippen molar-refractivity contribution in [1.29, 1.82) is 0 Å². The minimum Gasteiger partial charge on any atom is -0.352 e. The van der Waals surface area contributed by atoms with Crippen molar-refractivity contribution in [2.45, 2.75) is 35.4 Å². The van der Waals surface area contributed by atoms with Gasteiger partial charge in [0.1, 0.15) is 0 Å². The molecule has 1 aliphatic heterocycles. The second-order valence-corrected chi connectivity index (χ2v) is 6.29. The molecule has 1 aromatic carbocycles. The summed E-state index contributed by atoms with van der Waals surface area (Å²) in [7, 11) is 0. The van der Waals surface area contributed by atoms with E-state index in [0.717, 1.165) is 23.4 Å². The smallest absolute Gasteiger partial charge is 0.250 e. The molecule has 0 aromatic heterocycles. The lowest BCUT2D eigenvalue weighted by atomic mass is 10.1. The number of para-hydroxylation sites is 1. The molecule has 1 aliphatic carbocycles. The van der Waals surface area contributed by atoms with Gasteiger partial charge in [-0.2, -0.15) is 0 Å². The van der Waals surface area contributed by atoms with Gasteiger partial charge in [0.2, 0.25) is 11.8 Å². The van der Waals surface area contributed by atoms with E-state index >= 15 is 0 Å². The summed E-state index contributed by atoms with van der Waals surface area (Å²) in [6.07, 6.45) is 2.04. The van der Waals surface area contributed by atoms with Gasteiger partial charge in [0.05, 0.1) is 5.69 Å². The predicted octanol–water partition coefficient (Wildman–Crippen LogP) is 1.77. The van der Waals surface area contributed by atoms with Crippen molar-refractivity contribution in [3.8, 4) is 0 Å². The van der Waals surface area contributed by atoms with Gasteiger partial charge in [0, 0.05) is 10.9 Å². The normalized spacial score (nSPS) is 26.2. The fourth-order valence-electron chi connectivity index (χ4n) is 1.87. The van der Waals surface area contributed by atoms with E-state index < -0.39 is 4.75 Å². The lowest BCUT2D eigenvalue weighted by Crippen LogP contribution is -2.52. The van der Waals surface area contributed by atoms with Crippen molar-refractivity contribution >= 4 is 29.3 Å². The fraction of sp³-hybridized carbons (Fsp3) is 0.385. The Bertz CT molecular complexity index is 527. The predicted molar refractivity (Wildman–Crippen MR) is 70.5 cm³/mol. The number of anilines is 1. The van der Waals surface area contributed by atoms with Crippen LogP contribution < -0.4 is 10.6 Å². The molecule has 1 saturated carbocycles. The third-order valence-corrected chi connectivity index (χ3v) is 4.58. The molecule has 2 aliphatic rings. The Labute approximate surface area is 110 Å². The summed E-state index contributed by atoms with van der Waals surface area (Å²) in [5.41, 5.74) is 0.782. The molecule has 2 N–H and O–H groups in total. The first kappa shape index (κ1) is 11.6. The number of thioether (sulfide) groups is 1. The zero-order valence-electron chi connectivity index (χ0n) is 10.0. The van der Waals surface area contributed by atoms with Crippen LogP contribution in [-0.2, 0) is 9.59 Å². The monoisotopic (exact) mass is 262 g/mol. The van der Waals surface area contributed by atoms with Crippen molar-refractivity contribution < 1.29 is 9.59 Å². The number of nitrogens with one attached hydrogen (secondary N) is 2. The number of hydrogen-bond acceptors (Lipinski definition) is 3. The van der Waals surface area contributed by atoms with Gasteiger partial charge in [-0.25, -0.2) is 0 Å². The average Bonchev–Trinajstić information content (AvgIpc) is 3.14. The van der Waals surface area contributed by atoms with E-state index in [9.17, 15) is 9.59 Å². The van der Waals surface area contributed by atoms with Gasteiger partial charge in [0.15, 0.2) is 4.75 Å². The Morgan fingerprint density at radius 2 is 2.17 bits per heavy atom. The number of fused-ring (bicyclic) bond motifs is 1.